The summed E-state index contributed by atoms with van der Waals surface area (Å²) in [4.78, 5) is 23.7. The van der Waals surface area contributed by atoms with Gasteiger partial charge in [-0.15, -0.1) is 0 Å². The molecule has 4 nitrogen and oxygen atoms in total. The number of esters is 1. The minimum atomic E-state index is -0.375. The maximum Gasteiger partial charge on any atom is 0.303 e. The summed E-state index contributed by atoms with van der Waals surface area (Å²) in [6.07, 6.45) is 11.7. The highest BCUT2D eigenvalue weighted by Gasteiger charge is 2.53. The SMILES string of the molecule is CC(=O)OCC(=O)C1CCC2C(C/C=C3/CC(O)CCC3C)CCCC12C. The molecule has 0 aromatic heterocycles. The van der Waals surface area contributed by atoms with Crippen molar-refractivity contribution in [2.75, 3.05) is 6.61 Å². The average molecular weight is 377 g/mol. The minimum absolute atomic E-state index is 0.0349. The van der Waals surface area contributed by atoms with Crippen LogP contribution in [0, 0.1) is 29.1 Å². The molecule has 0 aromatic carbocycles. The molecule has 0 radical (unpaired) electrons. The Labute approximate surface area is 163 Å². The van der Waals surface area contributed by atoms with Crippen molar-refractivity contribution in [1.29, 1.82) is 0 Å². The summed E-state index contributed by atoms with van der Waals surface area (Å²) in [5.41, 5.74) is 1.48. The van der Waals surface area contributed by atoms with E-state index in [4.69, 9.17) is 4.74 Å². The van der Waals surface area contributed by atoms with Crippen LogP contribution in [0.2, 0.25) is 0 Å². The van der Waals surface area contributed by atoms with Crippen molar-refractivity contribution >= 4 is 11.8 Å². The van der Waals surface area contributed by atoms with E-state index in [0.717, 1.165) is 44.9 Å². The Morgan fingerprint density at radius 2 is 2.00 bits per heavy atom. The quantitative estimate of drug-likeness (QED) is 0.569. The molecule has 4 heteroatoms. The molecule has 1 N–H and O–H groups in total. The maximum atomic E-state index is 12.7. The van der Waals surface area contributed by atoms with Gasteiger partial charge in [0, 0.05) is 12.8 Å². The molecule has 6 unspecified atom stereocenters. The van der Waals surface area contributed by atoms with E-state index in [1.807, 2.05) is 0 Å². The Kier molecular flexibility index (Phi) is 6.45. The lowest BCUT2D eigenvalue weighted by molar-refractivity contribution is -0.148. The number of hydrogen-bond acceptors (Lipinski definition) is 4. The van der Waals surface area contributed by atoms with Gasteiger partial charge in [0.05, 0.1) is 6.10 Å². The molecule has 0 amide bonds. The van der Waals surface area contributed by atoms with Crippen LogP contribution in [-0.2, 0) is 14.3 Å². The molecule has 0 heterocycles. The van der Waals surface area contributed by atoms with E-state index in [2.05, 4.69) is 19.9 Å². The summed E-state index contributed by atoms with van der Waals surface area (Å²) >= 11 is 0. The topological polar surface area (TPSA) is 63.6 Å². The highest BCUT2D eigenvalue weighted by Crippen LogP contribution is 2.58. The third-order valence-electron chi connectivity index (χ3n) is 7.80. The van der Waals surface area contributed by atoms with E-state index in [-0.39, 0.29) is 35.8 Å². The van der Waals surface area contributed by atoms with Crippen LogP contribution in [-0.4, -0.2) is 29.6 Å². The molecule has 0 spiro atoms. The molecule has 3 fully saturated rings. The van der Waals surface area contributed by atoms with Gasteiger partial charge in [-0.05, 0) is 74.5 Å². The fourth-order valence-corrected chi connectivity index (χ4v) is 6.22. The largest absolute Gasteiger partial charge is 0.458 e. The van der Waals surface area contributed by atoms with Gasteiger partial charge in [-0.25, -0.2) is 0 Å². The summed E-state index contributed by atoms with van der Waals surface area (Å²) in [5.74, 6) is 1.57. The number of Topliss-reactive ketones (excluding diaryl/α,β-unsaturated/α-hetero) is 1. The highest BCUT2D eigenvalue weighted by atomic mass is 16.5. The molecular weight excluding hydrogens is 340 g/mol. The molecular formula is C23H36O4. The Morgan fingerprint density at radius 1 is 1.22 bits per heavy atom. The first-order valence-electron chi connectivity index (χ1n) is 10.8. The predicted molar refractivity (Wildman–Crippen MR) is 105 cm³/mol. The Morgan fingerprint density at radius 3 is 2.74 bits per heavy atom. The van der Waals surface area contributed by atoms with E-state index < -0.39 is 0 Å². The summed E-state index contributed by atoms with van der Waals surface area (Å²) in [5, 5.41) is 10.00. The number of ketones is 1. The van der Waals surface area contributed by atoms with Gasteiger partial charge in [-0.2, -0.15) is 0 Å². The number of fused-ring (bicyclic) bond motifs is 1. The molecule has 27 heavy (non-hydrogen) atoms. The smallest absolute Gasteiger partial charge is 0.303 e. The number of rotatable bonds is 5. The lowest BCUT2D eigenvalue weighted by Crippen LogP contribution is -2.40. The number of aliphatic hydroxyl groups excluding tert-OH is 1. The monoisotopic (exact) mass is 376 g/mol. The van der Waals surface area contributed by atoms with Gasteiger partial charge < -0.3 is 9.84 Å². The van der Waals surface area contributed by atoms with Crippen molar-refractivity contribution in [3.05, 3.63) is 11.6 Å². The van der Waals surface area contributed by atoms with Crippen LogP contribution in [0.4, 0.5) is 0 Å². The van der Waals surface area contributed by atoms with Crippen molar-refractivity contribution in [3.63, 3.8) is 0 Å². The van der Waals surface area contributed by atoms with Gasteiger partial charge >= 0.3 is 5.97 Å². The van der Waals surface area contributed by atoms with E-state index in [9.17, 15) is 14.7 Å². The summed E-state index contributed by atoms with van der Waals surface area (Å²) < 4.78 is 4.99. The second kappa shape index (κ2) is 8.46. The van der Waals surface area contributed by atoms with Crippen molar-refractivity contribution in [1.82, 2.24) is 0 Å². The average Bonchev–Trinajstić information content (AvgIpc) is 2.98. The van der Waals surface area contributed by atoms with E-state index in [1.54, 1.807) is 0 Å². The van der Waals surface area contributed by atoms with Crippen LogP contribution < -0.4 is 0 Å². The second-order valence-electron chi connectivity index (χ2n) is 9.49. The number of carbonyl (C=O) groups excluding carboxylic acids is 2. The van der Waals surface area contributed by atoms with Gasteiger partial charge in [-0.3, -0.25) is 9.59 Å². The predicted octanol–water partition coefficient (Wildman–Crippen LogP) is 4.45. The number of allylic oxidation sites excluding steroid dienone is 1. The third-order valence-corrected chi connectivity index (χ3v) is 7.80. The van der Waals surface area contributed by atoms with E-state index >= 15 is 0 Å². The molecule has 6 atom stereocenters. The molecule has 3 saturated carbocycles. The molecule has 0 aromatic rings. The zero-order chi connectivity index (χ0) is 19.6. The first-order valence-corrected chi connectivity index (χ1v) is 10.8. The first kappa shape index (κ1) is 20.6. The van der Waals surface area contributed by atoms with Crippen LogP contribution in [0.3, 0.4) is 0 Å². The van der Waals surface area contributed by atoms with Crippen molar-refractivity contribution in [3.8, 4) is 0 Å². The van der Waals surface area contributed by atoms with E-state index in [0.29, 0.717) is 17.8 Å². The lowest BCUT2D eigenvalue weighted by Gasteiger charge is -2.44. The molecule has 0 bridgehead atoms. The van der Waals surface area contributed by atoms with Crippen molar-refractivity contribution in [2.24, 2.45) is 29.1 Å². The molecule has 0 saturated heterocycles. The maximum absolute atomic E-state index is 12.7. The molecule has 0 aliphatic heterocycles. The van der Waals surface area contributed by atoms with Crippen LogP contribution in [0.25, 0.3) is 0 Å². The van der Waals surface area contributed by atoms with Gasteiger partial charge in [0.15, 0.2) is 5.78 Å². The zero-order valence-electron chi connectivity index (χ0n) is 17.2. The van der Waals surface area contributed by atoms with Crippen LogP contribution in [0.15, 0.2) is 11.6 Å². The molecule has 3 aliphatic rings. The van der Waals surface area contributed by atoms with Gasteiger partial charge in [0.2, 0.25) is 0 Å². The second-order valence-corrected chi connectivity index (χ2v) is 9.49. The van der Waals surface area contributed by atoms with Gasteiger partial charge in [0.25, 0.3) is 0 Å². The normalized spacial score (nSPS) is 40.6. The summed E-state index contributed by atoms with van der Waals surface area (Å²) in [6, 6.07) is 0. The summed E-state index contributed by atoms with van der Waals surface area (Å²) in [6.45, 7) is 5.88. The standard InChI is InChI=1S/C23H36O4/c1-15-6-9-19(25)13-18(15)8-7-17-5-4-12-23(3)20(17)10-11-21(23)22(26)14-27-16(2)24/h8,15,17,19-21,25H,4-7,9-14H2,1-3H3/b18-8-. The van der Waals surface area contributed by atoms with E-state index in [1.165, 1.54) is 25.3 Å². The fourth-order valence-electron chi connectivity index (χ4n) is 6.22. The van der Waals surface area contributed by atoms with Crippen molar-refractivity contribution < 1.29 is 19.4 Å². The third kappa shape index (κ3) is 4.47. The van der Waals surface area contributed by atoms with Crippen LogP contribution in [0.1, 0.15) is 78.6 Å². The molecule has 152 valence electrons. The number of ether oxygens (including phenoxy) is 1. The number of carbonyl (C=O) groups is 2. The minimum Gasteiger partial charge on any atom is -0.458 e. The Bertz CT molecular complexity index is 595. The highest BCUT2D eigenvalue weighted by molar-refractivity contribution is 5.85. The zero-order valence-corrected chi connectivity index (χ0v) is 17.2. The number of aliphatic hydroxyl groups is 1. The molecule has 3 rings (SSSR count). The Balaban J connectivity index is 1.66. The van der Waals surface area contributed by atoms with Crippen molar-refractivity contribution in [2.45, 2.75) is 84.7 Å². The lowest BCUT2D eigenvalue weighted by atomic mass is 9.60. The summed E-state index contributed by atoms with van der Waals surface area (Å²) in [7, 11) is 0. The first-order chi connectivity index (χ1) is 12.8. The van der Waals surface area contributed by atoms with Crippen LogP contribution in [0.5, 0.6) is 0 Å². The number of hydrogen-bond donors (Lipinski definition) is 1. The van der Waals surface area contributed by atoms with Crippen LogP contribution >= 0.6 is 0 Å². The van der Waals surface area contributed by atoms with Gasteiger partial charge in [-0.1, -0.05) is 31.9 Å². The Hall–Kier alpha value is -1.16. The fraction of sp³-hybridized carbons (Fsp3) is 0.826. The molecule has 3 aliphatic carbocycles. The van der Waals surface area contributed by atoms with Gasteiger partial charge in [0.1, 0.15) is 6.61 Å².